The van der Waals surface area contributed by atoms with Crippen LogP contribution in [0.2, 0.25) is 0 Å². The molecule has 0 spiro atoms. The van der Waals surface area contributed by atoms with Crippen molar-refractivity contribution in [2.24, 2.45) is 0 Å². The van der Waals surface area contributed by atoms with Crippen molar-refractivity contribution in [3.05, 3.63) is 0 Å². The molecule has 0 aliphatic carbocycles. The molecule has 0 saturated carbocycles. The summed E-state index contributed by atoms with van der Waals surface area (Å²) in [5.41, 5.74) is 0. The second-order valence-corrected chi connectivity index (χ2v) is 3.45. The summed E-state index contributed by atoms with van der Waals surface area (Å²) in [5.74, 6) is -6.68. The average Bonchev–Trinajstić information content (AvgIpc) is 2.43. The van der Waals surface area contributed by atoms with Crippen LogP contribution in [0.1, 0.15) is 35.6 Å². The fourth-order valence-electron chi connectivity index (χ4n) is 0.987. The second kappa shape index (κ2) is 14.4. The quantitative estimate of drug-likeness (QED) is 0.483. The molecule has 1 aliphatic rings. The molecule has 1 aliphatic heterocycles. The first-order valence-electron chi connectivity index (χ1n) is 5.50. The van der Waals surface area contributed by atoms with Gasteiger partial charge in [0.25, 0.3) is 5.85 Å². The molecule has 160 valence electrons. The summed E-state index contributed by atoms with van der Waals surface area (Å²) in [7, 11) is 0.500. The standard InChI is InChI=1S/C6H6F6O3.C2H5F.CH2F2.CH3F.2CH4/c1-3(7)4(2,14-5(8,9)10)15-6(11,12)13-3;1-2-3;2-1-3;1-2;;/h1-2H3;2H2,1H3;1H2;1H3;2*1H4. The van der Waals surface area contributed by atoms with Crippen LogP contribution in [0.25, 0.3) is 0 Å². The van der Waals surface area contributed by atoms with E-state index in [2.05, 4.69) is 14.2 Å². The summed E-state index contributed by atoms with van der Waals surface area (Å²) in [4.78, 5) is 0. The maximum absolute atomic E-state index is 13.2. The van der Waals surface area contributed by atoms with E-state index in [1.54, 1.807) is 0 Å². The van der Waals surface area contributed by atoms with Crippen LogP contribution in [0.3, 0.4) is 0 Å². The SMILES string of the molecule is C.C.CC1(F)OC(F)(F)OC1(C)OC(F)(F)F.CCF.CF.FCF. The van der Waals surface area contributed by atoms with Gasteiger partial charge in [-0.15, -0.1) is 22.0 Å². The van der Waals surface area contributed by atoms with Gasteiger partial charge in [0.2, 0.25) is 12.7 Å². The summed E-state index contributed by atoms with van der Waals surface area (Å²) in [6.45, 7) is 0.168. The topological polar surface area (TPSA) is 27.7 Å². The molecule has 13 heteroatoms. The molecule has 2 atom stereocenters. The summed E-state index contributed by atoms with van der Waals surface area (Å²) in [6.07, 6.45) is -9.80. The smallest absolute Gasteiger partial charge is 0.257 e. The van der Waals surface area contributed by atoms with Crippen LogP contribution in [-0.4, -0.2) is 45.1 Å². The fourth-order valence-corrected chi connectivity index (χ4v) is 0.987. The van der Waals surface area contributed by atoms with Gasteiger partial charge in [-0.05, 0) is 13.8 Å². The maximum atomic E-state index is 13.2. The zero-order valence-electron chi connectivity index (χ0n) is 12.4. The summed E-state index contributed by atoms with van der Waals surface area (Å²) in [6, 6.07) is 0. The van der Waals surface area contributed by atoms with E-state index in [1.165, 1.54) is 6.92 Å². The van der Waals surface area contributed by atoms with Gasteiger partial charge < -0.3 is 0 Å². The van der Waals surface area contributed by atoms with E-state index in [9.17, 15) is 43.9 Å². The number of halogens is 10. The number of alkyl halides is 10. The van der Waals surface area contributed by atoms with Gasteiger partial charge in [-0.1, -0.05) is 14.9 Å². The number of ether oxygens (including phenoxy) is 3. The Bertz CT molecular complexity index is 297. The Kier molecular flexibility index (Phi) is 20.3. The van der Waals surface area contributed by atoms with Gasteiger partial charge in [-0.25, -0.2) is 13.2 Å². The lowest BCUT2D eigenvalue weighted by molar-refractivity contribution is -0.444. The van der Waals surface area contributed by atoms with E-state index < -0.39 is 31.2 Å². The minimum atomic E-state index is -5.33. The largest absolute Gasteiger partial charge is 0.525 e. The van der Waals surface area contributed by atoms with E-state index in [4.69, 9.17) is 0 Å². The first kappa shape index (κ1) is 35.3. The molecule has 0 N–H and O–H groups in total. The monoisotopic (exact) mass is 406 g/mol. The van der Waals surface area contributed by atoms with E-state index in [1.807, 2.05) is 0 Å². The third-order valence-corrected chi connectivity index (χ3v) is 1.75. The van der Waals surface area contributed by atoms with Crippen molar-refractivity contribution in [2.75, 3.05) is 20.8 Å². The van der Waals surface area contributed by atoms with Gasteiger partial charge in [0, 0.05) is 6.92 Å². The van der Waals surface area contributed by atoms with E-state index >= 15 is 0 Å². The number of rotatable bonds is 1. The minimum Gasteiger partial charge on any atom is -0.257 e. The Hall–Kier alpha value is -0.820. The Labute approximate surface area is 140 Å². The van der Waals surface area contributed by atoms with Crippen molar-refractivity contribution in [1.29, 1.82) is 0 Å². The van der Waals surface area contributed by atoms with E-state index in [0.717, 1.165) is 0 Å². The van der Waals surface area contributed by atoms with Crippen LogP contribution in [0.5, 0.6) is 0 Å². The molecule has 1 heterocycles. The van der Waals surface area contributed by atoms with Crippen LogP contribution in [0.15, 0.2) is 0 Å². The zero-order chi connectivity index (χ0) is 19.5. The second-order valence-electron chi connectivity index (χ2n) is 3.45. The molecule has 0 amide bonds. The molecule has 3 nitrogen and oxygen atoms in total. The van der Waals surface area contributed by atoms with Crippen molar-refractivity contribution < 1.29 is 58.1 Å². The van der Waals surface area contributed by atoms with Crippen molar-refractivity contribution in [2.45, 2.75) is 59.9 Å². The first-order valence-corrected chi connectivity index (χ1v) is 5.50. The van der Waals surface area contributed by atoms with Gasteiger partial charge in [-0.3, -0.25) is 23.0 Å². The Morgan fingerprint density at radius 1 is 0.880 bits per heavy atom. The summed E-state index contributed by atoms with van der Waals surface area (Å²) < 4.78 is 122. The van der Waals surface area contributed by atoms with Gasteiger partial charge >= 0.3 is 12.7 Å². The van der Waals surface area contributed by atoms with Crippen LogP contribution in [-0.2, 0) is 14.2 Å². The normalized spacial score (nSPS) is 26.2. The number of hydrogen-bond acceptors (Lipinski definition) is 3. The molecule has 0 aromatic carbocycles. The third-order valence-electron chi connectivity index (χ3n) is 1.75. The summed E-state index contributed by atoms with van der Waals surface area (Å²) in [5, 5.41) is 0. The van der Waals surface area contributed by atoms with Crippen LogP contribution >= 0.6 is 0 Å². The lowest BCUT2D eigenvalue weighted by Gasteiger charge is -2.30. The van der Waals surface area contributed by atoms with E-state index in [-0.39, 0.29) is 21.5 Å². The molecule has 25 heavy (non-hydrogen) atoms. The van der Waals surface area contributed by atoms with Crippen molar-refractivity contribution in [3.63, 3.8) is 0 Å². The lowest BCUT2D eigenvalue weighted by Crippen LogP contribution is -2.49. The lowest BCUT2D eigenvalue weighted by atomic mass is 10.2. The van der Waals surface area contributed by atoms with Gasteiger partial charge in [0.1, 0.15) is 0 Å². The Balaban J connectivity index is -0.000000115. The minimum absolute atomic E-state index is 0. The van der Waals surface area contributed by atoms with Crippen LogP contribution < -0.4 is 0 Å². The highest BCUT2D eigenvalue weighted by Crippen LogP contribution is 2.49. The molecule has 0 radical (unpaired) electrons. The van der Waals surface area contributed by atoms with Gasteiger partial charge in [-0.2, -0.15) is 0 Å². The highest BCUT2D eigenvalue weighted by Gasteiger charge is 2.69. The Morgan fingerprint density at radius 3 is 1.32 bits per heavy atom. The zero-order valence-corrected chi connectivity index (χ0v) is 12.4. The fraction of sp³-hybridized carbons (Fsp3) is 1.00. The van der Waals surface area contributed by atoms with Gasteiger partial charge in [0.15, 0.2) is 0 Å². The molecule has 0 bridgehead atoms. The third kappa shape index (κ3) is 15.2. The van der Waals surface area contributed by atoms with Crippen molar-refractivity contribution in [1.82, 2.24) is 0 Å². The molecular formula is C12H24F10O3. The highest BCUT2D eigenvalue weighted by molar-refractivity contribution is 4.86. The maximum Gasteiger partial charge on any atom is 0.525 e. The highest BCUT2D eigenvalue weighted by atomic mass is 19.4. The first-order chi connectivity index (χ1) is 10.2. The van der Waals surface area contributed by atoms with Crippen LogP contribution in [0.4, 0.5) is 43.9 Å². The van der Waals surface area contributed by atoms with Crippen LogP contribution in [0, 0.1) is 0 Å². The number of hydrogen-bond donors (Lipinski definition) is 0. The van der Waals surface area contributed by atoms with Crippen molar-refractivity contribution >= 4 is 0 Å². The average molecular weight is 406 g/mol. The molecule has 0 aromatic rings. The predicted octanol–water partition coefficient (Wildman–Crippen LogP) is 6.24. The predicted molar refractivity (Wildman–Crippen MR) is 71.4 cm³/mol. The molecule has 1 fully saturated rings. The molecule has 1 saturated heterocycles. The molecular weight excluding hydrogens is 382 g/mol. The summed E-state index contributed by atoms with van der Waals surface area (Å²) >= 11 is 0. The van der Waals surface area contributed by atoms with E-state index in [0.29, 0.717) is 21.0 Å². The van der Waals surface area contributed by atoms with Crippen molar-refractivity contribution in [3.8, 4) is 0 Å². The van der Waals surface area contributed by atoms with Gasteiger partial charge in [0.05, 0.1) is 13.9 Å². The molecule has 0 aromatic heterocycles. The Morgan fingerprint density at radius 2 is 1.16 bits per heavy atom. The molecule has 1 rings (SSSR count). The molecule has 2 unspecified atom stereocenters.